The zero-order valence-corrected chi connectivity index (χ0v) is 9.06. The average Bonchev–Trinajstić information content (AvgIpc) is 2.01. The molecule has 4 heteroatoms. The summed E-state index contributed by atoms with van der Waals surface area (Å²) in [7, 11) is 0. The molecular weight excluding hydrogens is 182 g/mol. The monoisotopic (exact) mass is 201 g/mol. The molecule has 82 valence electrons. The lowest BCUT2D eigenvalue weighted by Crippen LogP contribution is -2.47. The SMILES string of the molecule is CC(CN1C[C@@H](C)O[C@@H](C)C1)C(=O)O. The largest absolute Gasteiger partial charge is 0.481 e. The standard InChI is InChI=1S/C10H19NO3/c1-7(10(12)13)4-11-5-8(2)14-9(3)6-11/h7-9H,4-6H2,1-3H3,(H,12,13)/t7?,8-,9+. The number of nitrogens with zero attached hydrogens (tertiary/aromatic N) is 1. The predicted octanol–water partition coefficient (Wildman–Crippen LogP) is 0.816. The van der Waals surface area contributed by atoms with E-state index in [1.807, 2.05) is 13.8 Å². The molecule has 3 atom stereocenters. The Balaban J connectivity index is 2.40. The average molecular weight is 201 g/mol. The van der Waals surface area contributed by atoms with Gasteiger partial charge in [0.25, 0.3) is 0 Å². The molecule has 0 aromatic rings. The maximum Gasteiger partial charge on any atom is 0.307 e. The van der Waals surface area contributed by atoms with Crippen LogP contribution in [0.1, 0.15) is 20.8 Å². The molecule has 0 radical (unpaired) electrons. The highest BCUT2D eigenvalue weighted by Gasteiger charge is 2.24. The highest BCUT2D eigenvalue weighted by atomic mass is 16.5. The van der Waals surface area contributed by atoms with E-state index in [1.54, 1.807) is 6.92 Å². The normalized spacial score (nSPS) is 31.4. The van der Waals surface area contributed by atoms with Crippen molar-refractivity contribution < 1.29 is 14.6 Å². The van der Waals surface area contributed by atoms with E-state index >= 15 is 0 Å². The van der Waals surface area contributed by atoms with Crippen molar-refractivity contribution in [2.24, 2.45) is 5.92 Å². The molecule has 0 amide bonds. The minimum atomic E-state index is -0.725. The maximum atomic E-state index is 10.7. The number of aliphatic carboxylic acids is 1. The summed E-state index contributed by atoms with van der Waals surface area (Å²) in [4.78, 5) is 12.8. The second-order valence-corrected chi connectivity index (χ2v) is 4.22. The van der Waals surface area contributed by atoms with Gasteiger partial charge in [0, 0.05) is 19.6 Å². The first-order valence-electron chi connectivity index (χ1n) is 5.09. The van der Waals surface area contributed by atoms with Crippen LogP contribution >= 0.6 is 0 Å². The molecule has 1 saturated heterocycles. The second-order valence-electron chi connectivity index (χ2n) is 4.22. The molecule has 0 aliphatic carbocycles. The lowest BCUT2D eigenvalue weighted by Gasteiger charge is -2.36. The van der Waals surface area contributed by atoms with Gasteiger partial charge < -0.3 is 9.84 Å². The smallest absolute Gasteiger partial charge is 0.307 e. The fraction of sp³-hybridized carbons (Fsp3) is 0.900. The summed E-state index contributed by atoms with van der Waals surface area (Å²) in [6, 6.07) is 0. The van der Waals surface area contributed by atoms with Crippen LogP contribution in [0.25, 0.3) is 0 Å². The summed E-state index contributed by atoms with van der Waals surface area (Å²) in [6.07, 6.45) is 0.416. The van der Waals surface area contributed by atoms with E-state index in [4.69, 9.17) is 9.84 Å². The number of carboxylic acids is 1. The third kappa shape index (κ3) is 3.27. The topological polar surface area (TPSA) is 49.8 Å². The van der Waals surface area contributed by atoms with Crippen molar-refractivity contribution in [3.63, 3.8) is 0 Å². The molecule has 1 N–H and O–H groups in total. The first kappa shape index (κ1) is 11.5. The first-order chi connectivity index (χ1) is 6.49. The molecule has 1 unspecified atom stereocenters. The first-order valence-corrected chi connectivity index (χ1v) is 5.09. The van der Waals surface area contributed by atoms with E-state index in [9.17, 15) is 4.79 Å². The molecular formula is C10H19NO3. The Hall–Kier alpha value is -0.610. The van der Waals surface area contributed by atoms with Crippen LogP contribution in [0.15, 0.2) is 0 Å². The minimum absolute atomic E-state index is 0.208. The number of hydrogen-bond acceptors (Lipinski definition) is 3. The Morgan fingerprint density at radius 1 is 1.50 bits per heavy atom. The van der Waals surface area contributed by atoms with E-state index in [0.717, 1.165) is 13.1 Å². The van der Waals surface area contributed by atoms with Gasteiger partial charge >= 0.3 is 5.97 Å². The fourth-order valence-electron chi connectivity index (χ4n) is 1.90. The Bertz CT molecular complexity index is 198. The summed E-state index contributed by atoms with van der Waals surface area (Å²) in [5.41, 5.74) is 0. The molecule has 1 fully saturated rings. The van der Waals surface area contributed by atoms with Crippen molar-refractivity contribution in [2.45, 2.75) is 33.0 Å². The van der Waals surface area contributed by atoms with E-state index in [-0.39, 0.29) is 18.1 Å². The van der Waals surface area contributed by atoms with Gasteiger partial charge in [0.05, 0.1) is 18.1 Å². The molecule has 0 aromatic carbocycles. The van der Waals surface area contributed by atoms with Gasteiger partial charge in [0.1, 0.15) is 0 Å². The highest BCUT2D eigenvalue weighted by molar-refractivity contribution is 5.69. The molecule has 1 rings (SSSR count). The van der Waals surface area contributed by atoms with Gasteiger partial charge in [-0.15, -0.1) is 0 Å². The van der Waals surface area contributed by atoms with Crippen LogP contribution in [0.5, 0.6) is 0 Å². The molecule has 14 heavy (non-hydrogen) atoms. The molecule has 4 nitrogen and oxygen atoms in total. The number of carboxylic acid groups (broad SMARTS) is 1. The molecule has 1 aliphatic rings. The van der Waals surface area contributed by atoms with Crippen molar-refractivity contribution in [3.8, 4) is 0 Å². The van der Waals surface area contributed by atoms with E-state index in [1.165, 1.54) is 0 Å². The molecule has 0 saturated carbocycles. The van der Waals surface area contributed by atoms with Gasteiger partial charge in [-0.2, -0.15) is 0 Å². The summed E-state index contributed by atoms with van der Waals surface area (Å²) >= 11 is 0. The Morgan fingerprint density at radius 3 is 2.43 bits per heavy atom. The Labute approximate surface area is 84.8 Å². The van der Waals surface area contributed by atoms with Crippen LogP contribution in [0.2, 0.25) is 0 Å². The van der Waals surface area contributed by atoms with Crippen molar-refractivity contribution in [2.75, 3.05) is 19.6 Å². The Morgan fingerprint density at radius 2 is 2.00 bits per heavy atom. The number of hydrogen-bond donors (Lipinski definition) is 1. The fourth-order valence-corrected chi connectivity index (χ4v) is 1.90. The summed E-state index contributed by atoms with van der Waals surface area (Å²) < 4.78 is 5.57. The van der Waals surface area contributed by atoms with Crippen molar-refractivity contribution in [1.82, 2.24) is 4.90 Å². The van der Waals surface area contributed by atoms with Gasteiger partial charge in [0.15, 0.2) is 0 Å². The van der Waals surface area contributed by atoms with Crippen LogP contribution in [0.3, 0.4) is 0 Å². The predicted molar refractivity (Wildman–Crippen MR) is 53.2 cm³/mol. The van der Waals surface area contributed by atoms with Crippen LogP contribution in [0.4, 0.5) is 0 Å². The zero-order valence-electron chi connectivity index (χ0n) is 9.06. The van der Waals surface area contributed by atoms with Gasteiger partial charge in [0.2, 0.25) is 0 Å². The van der Waals surface area contributed by atoms with Gasteiger partial charge in [-0.25, -0.2) is 0 Å². The molecule has 0 spiro atoms. The summed E-state index contributed by atoms with van der Waals surface area (Å²) in [5.74, 6) is -1.02. The van der Waals surface area contributed by atoms with Crippen LogP contribution < -0.4 is 0 Å². The van der Waals surface area contributed by atoms with Gasteiger partial charge in [-0.05, 0) is 13.8 Å². The van der Waals surface area contributed by atoms with E-state index < -0.39 is 5.97 Å². The van der Waals surface area contributed by atoms with Crippen molar-refractivity contribution in [3.05, 3.63) is 0 Å². The summed E-state index contributed by atoms with van der Waals surface area (Å²) in [6.45, 7) is 8.08. The van der Waals surface area contributed by atoms with E-state index in [0.29, 0.717) is 6.54 Å². The number of rotatable bonds is 3. The third-order valence-corrected chi connectivity index (χ3v) is 2.45. The van der Waals surface area contributed by atoms with Gasteiger partial charge in [-0.3, -0.25) is 9.69 Å². The van der Waals surface area contributed by atoms with Crippen LogP contribution in [0, 0.1) is 5.92 Å². The van der Waals surface area contributed by atoms with Crippen molar-refractivity contribution >= 4 is 5.97 Å². The van der Waals surface area contributed by atoms with Gasteiger partial charge in [-0.1, -0.05) is 6.92 Å². The van der Waals surface area contributed by atoms with E-state index in [2.05, 4.69) is 4.90 Å². The maximum absolute atomic E-state index is 10.7. The molecule has 1 heterocycles. The third-order valence-electron chi connectivity index (χ3n) is 2.45. The number of morpholine rings is 1. The van der Waals surface area contributed by atoms with Crippen LogP contribution in [-0.4, -0.2) is 47.8 Å². The second kappa shape index (κ2) is 4.75. The lowest BCUT2D eigenvalue weighted by atomic mass is 10.1. The highest BCUT2D eigenvalue weighted by Crippen LogP contribution is 2.12. The molecule has 1 aliphatic heterocycles. The number of carbonyl (C=O) groups is 1. The lowest BCUT2D eigenvalue weighted by molar-refractivity contribution is -0.143. The quantitative estimate of drug-likeness (QED) is 0.734. The minimum Gasteiger partial charge on any atom is -0.481 e. The number of ether oxygens (including phenoxy) is 1. The zero-order chi connectivity index (χ0) is 10.7. The van der Waals surface area contributed by atoms with Crippen molar-refractivity contribution in [1.29, 1.82) is 0 Å². The summed E-state index contributed by atoms with van der Waals surface area (Å²) in [5, 5.41) is 8.79. The molecule has 0 aromatic heterocycles. The van der Waals surface area contributed by atoms with Crippen LogP contribution in [-0.2, 0) is 9.53 Å². The molecule has 0 bridgehead atoms. The Kier molecular flexibility index (Phi) is 3.89.